The lowest BCUT2D eigenvalue weighted by Crippen LogP contribution is -2.41. The van der Waals surface area contributed by atoms with Gasteiger partial charge in [0, 0.05) is 37.2 Å². The van der Waals surface area contributed by atoms with E-state index in [2.05, 4.69) is 20.6 Å². The molecule has 3 heterocycles. The summed E-state index contributed by atoms with van der Waals surface area (Å²) in [7, 11) is 0. The minimum Gasteiger partial charge on any atom is -0.354 e. The number of nitro benzene ring substituents is 1. The number of amides is 1. The van der Waals surface area contributed by atoms with E-state index in [4.69, 9.17) is 0 Å². The van der Waals surface area contributed by atoms with Gasteiger partial charge in [0.2, 0.25) is 11.7 Å². The molecule has 30 heavy (non-hydrogen) atoms. The van der Waals surface area contributed by atoms with Crippen LogP contribution in [0, 0.1) is 21.8 Å². The fraction of sp³-hybridized carbons (Fsp3) is 0.263. The quantitative estimate of drug-likeness (QED) is 0.506. The molecule has 0 unspecified atom stereocenters. The third-order valence-electron chi connectivity index (χ3n) is 4.90. The Kier molecular flexibility index (Phi) is 5.33. The number of benzene rings is 1. The Hall–Kier alpha value is -3.89. The predicted octanol–water partition coefficient (Wildman–Crippen LogP) is 2.56. The number of hydrogen-bond donors (Lipinski definition) is 1. The first-order valence-electron chi connectivity index (χ1n) is 9.35. The number of carbonyl (C=O) groups is 1. The molecule has 1 atom stereocenters. The summed E-state index contributed by atoms with van der Waals surface area (Å²) in [4.78, 5) is 24.7. The maximum atomic E-state index is 13.5. The minimum absolute atomic E-state index is 0.189. The number of piperidine rings is 1. The summed E-state index contributed by atoms with van der Waals surface area (Å²) in [6.45, 7) is 1.17. The number of anilines is 2. The van der Waals surface area contributed by atoms with Crippen LogP contribution in [-0.4, -0.2) is 43.9 Å². The molecule has 1 aliphatic heterocycles. The molecule has 11 heteroatoms. The molecule has 2 aromatic heterocycles. The Morgan fingerprint density at radius 2 is 2.03 bits per heavy atom. The molecule has 1 amide bonds. The number of halogens is 1. The van der Waals surface area contributed by atoms with Crippen molar-refractivity contribution in [2.75, 3.05) is 23.3 Å². The van der Waals surface area contributed by atoms with Gasteiger partial charge >= 0.3 is 5.69 Å². The van der Waals surface area contributed by atoms with Gasteiger partial charge in [0.15, 0.2) is 11.6 Å². The van der Waals surface area contributed by atoms with Crippen LogP contribution in [0.3, 0.4) is 0 Å². The molecule has 0 saturated carbocycles. The van der Waals surface area contributed by atoms with Crippen molar-refractivity contribution in [1.82, 2.24) is 20.0 Å². The molecular formula is C19H18FN7O3. The van der Waals surface area contributed by atoms with Gasteiger partial charge in [-0.05, 0) is 43.2 Å². The largest absolute Gasteiger partial charge is 0.354 e. The monoisotopic (exact) mass is 411 g/mol. The van der Waals surface area contributed by atoms with E-state index < -0.39 is 16.4 Å². The van der Waals surface area contributed by atoms with Gasteiger partial charge < -0.3 is 10.2 Å². The number of nitrogens with zero attached hydrogens (tertiary/aromatic N) is 6. The zero-order chi connectivity index (χ0) is 21.1. The Morgan fingerprint density at radius 3 is 2.73 bits per heavy atom. The van der Waals surface area contributed by atoms with E-state index in [0.29, 0.717) is 24.6 Å². The summed E-state index contributed by atoms with van der Waals surface area (Å²) in [6.07, 6.45) is 4.87. The van der Waals surface area contributed by atoms with Crippen LogP contribution in [0.5, 0.6) is 0 Å². The van der Waals surface area contributed by atoms with Crippen molar-refractivity contribution in [3.8, 4) is 5.82 Å². The van der Waals surface area contributed by atoms with Gasteiger partial charge in [0.25, 0.3) is 0 Å². The zero-order valence-corrected chi connectivity index (χ0v) is 15.8. The number of carbonyl (C=O) groups excluding carboxylic acids is 1. The van der Waals surface area contributed by atoms with E-state index in [1.165, 1.54) is 6.07 Å². The molecule has 1 aliphatic rings. The van der Waals surface area contributed by atoms with Gasteiger partial charge in [0.1, 0.15) is 0 Å². The van der Waals surface area contributed by atoms with Crippen molar-refractivity contribution in [1.29, 1.82) is 0 Å². The van der Waals surface area contributed by atoms with Crippen LogP contribution >= 0.6 is 0 Å². The summed E-state index contributed by atoms with van der Waals surface area (Å²) >= 11 is 0. The number of aromatic nitrogens is 4. The molecule has 1 N–H and O–H groups in total. The molecule has 0 bridgehead atoms. The van der Waals surface area contributed by atoms with Gasteiger partial charge in [0.05, 0.1) is 10.8 Å². The summed E-state index contributed by atoms with van der Waals surface area (Å²) in [5, 5.41) is 26.1. The van der Waals surface area contributed by atoms with Crippen molar-refractivity contribution in [2.45, 2.75) is 12.8 Å². The van der Waals surface area contributed by atoms with Crippen molar-refractivity contribution in [3.05, 3.63) is 64.7 Å². The molecule has 0 radical (unpaired) electrons. The van der Waals surface area contributed by atoms with Crippen LogP contribution in [0.2, 0.25) is 0 Å². The van der Waals surface area contributed by atoms with Gasteiger partial charge in [-0.2, -0.15) is 9.49 Å². The number of nitrogens with one attached hydrogen (secondary N) is 1. The average Bonchev–Trinajstić information content (AvgIpc) is 3.30. The highest BCUT2D eigenvalue weighted by Crippen LogP contribution is 2.25. The maximum absolute atomic E-state index is 13.5. The van der Waals surface area contributed by atoms with Gasteiger partial charge in [-0.15, -0.1) is 10.2 Å². The first-order valence-corrected chi connectivity index (χ1v) is 9.35. The third kappa shape index (κ3) is 4.09. The lowest BCUT2D eigenvalue weighted by molar-refractivity contribution is -0.387. The molecule has 4 rings (SSSR count). The van der Waals surface area contributed by atoms with Crippen molar-refractivity contribution >= 4 is 23.1 Å². The van der Waals surface area contributed by atoms with Crippen LogP contribution < -0.4 is 10.2 Å². The zero-order valence-electron chi connectivity index (χ0n) is 15.8. The van der Waals surface area contributed by atoms with Crippen molar-refractivity contribution in [2.24, 2.45) is 5.92 Å². The van der Waals surface area contributed by atoms with E-state index in [9.17, 15) is 19.3 Å². The van der Waals surface area contributed by atoms with Crippen LogP contribution in [0.15, 0.2) is 48.8 Å². The SMILES string of the molecule is O=C(Nc1ccc(F)c([N+](=O)[O-])c1)[C@@H]1CCCN(c2ccc(-n3cccn3)nn2)C1. The molecule has 1 saturated heterocycles. The van der Waals surface area contributed by atoms with Gasteiger partial charge in [-0.3, -0.25) is 14.9 Å². The number of hydrogen-bond acceptors (Lipinski definition) is 7. The average molecular weight is 411 g/mol. The fourth-order valence-electron chi connectivity index (χ4n) is 3.39. The second kappa shape index (κ2) is 8.23. The lowest BCUT2D eigenvalue weighted by Gasteiger charge is -2.32. The highest BCUT2D eigenvalue weighted by molar-refractivity contribution is 5.93. The van der Waals surface area contributed by atoms with E-state index >= 15 is 0 Å². The molecule has 1 fully saturated rings. The molecule has 3 aromatic rings. The number of nitro groups is 1. The molecule has 0 spiro atoms. The standard InChI is InChI=1S/C19H18FN7O3/c20-15-5-4-14(11-16(15)27(29)30)22-19(28)13-3-1-9-25(12-13)17-6-7-18(24-23-17)26-10-2-8-21-26/h2,4-8,10-11,13H,1,3,9,12H2,(H,22,28)/t13-/m1/s1. The van der Waals surface area contributed by atoms with E-state index in [1.807, 2.05) is 11.0 Å². The number of rotatable bonds is 5. The first-order chi connectivity index (χ1) is 14.5. The minimum atomic E-state index is -0.945. The maximum Gasteiger partial charge on any atom is 0.306 e. The smallest absolute Gasteiger partial charge is 0.306 e. The normalized spacial score (nSPS) is 16.3. The highest BCUT2D eigenvalue weighted by atomic mass is 19.1. The molecule has 0 aliphatic carbocycles. The Morgan fingerprint density at radius 1 is 1.23 bits per heavy atom. The summed E-state index contributed by atoms with van der Waals surface area (Å²) in [5.41, 5.74) is -0.487. The Balaban J connectivity index is 1.43. The topological polar surface area (TPSA) is 119 Å². The molecule has 154 valence electrons. The first kappa shape index (κ1) is 19.4. The summed E-state index contributed by atoms with van der Waals surface area (Å²) in [5.74, 6) is -0.315. The van der Waals surface area contributed by atoms with Crippen molar-refractivity contribution < 1.29 is 14.1 Å². The molecular weight excluding hydrogens is 393 g/mol. The second-order valence-corrected chi connectivity index (χ2v) is 6.90. The van der Waals surface area contributed by atoms with Gasteiger partial charge in [-0.25, -0.2) is 4.68 Å². The summed E-state index contributed by atoms with van der Waals surface area (Å²) in [6, 6.07) is 8.72. The molecule has 1 aromatic carbocycles. The molecule has 10 nitrogen and oxygen atoms in total. The third-order valence-corrected chi connectivity index (χ3v) is 4.90. The van der Waals surface area contributed by atoms with E-state index in [-0.39, 0.29) is 17.5 Å². The lowest BCUT2D eigenvalue weighted by atomic mass is 9.97. The predicted molar refractivity (Wildman–Crippen MR) is 106 cm³/mol. The fourth-order valence-corrected chi connectivity index (χ4v) is 3.39. The van der Waals surface area contributed by atoms with Crippen LogP contribution in [0.1, 0.15) is 12.8 Å². The van der Waals surface area contributed by atoms with Crippen molar-refractivity contribution in [3.63, 3.8) is 0 Å². The van der Waals surface area contributed by atoms with E-state index in [0.717, 1.165) is 25.1 Å². The Labute approximate surface area is 170 Å². The van der Waals surface area contributed by atoms with Gasteiger partial charge in [-0.1, -0.05) is 0 Å². The Bertz CT molecular complexity index is 1060. The van der Waals surface area contributed by atoms with Crippen LogP contribution in [-0.2, 0) is 4.79 Å². The summed E-state index contributed by atoms with van der Waals surface area (Å²) < 4.78 is 15.1. The van der Waals surface area contributed by atoms with Crippen LogP contribution in [0.25, 0.3) is 5.82 Å². The highest BCUT2D eigenvalue weighted by Gasteiger charge is 2.27. The van der Waals surface area contributed by atoms with E-state index in [1.54, 1.807) is 29.2 Å². The second-order valence-electron chi connectivity index (χ2n) is 6.90. The van der Waals surface area contributed by atoms with Crippen LogP contribution in [0.4, 0.5) is 21.6 Å².